The molecule has 0 atom stereocenters. The van der Waals surface area contributed by atoms with Gasteiger partial charge < -0.3 is 5.32 Å². The number of para-hydroxylation sites is 1. The van der Waals surface area contributed by atoms with Crippen LogP contribution in [0.4, 0.5) is 5.69 Å². The normalized spacial score (nSPS) is 16.1. The van der Waals surface area contributed by atoms with Crippen LogP contribution < -0.4 is 5.32 Å². The average molecular weight is 266 g/mol. The summed E-state index contributed by atoms with van der Waals surface area (Å²) in [6, 6.07) is 7.91. The topological polar surface area (TPSA) is 29.1 Å². The smallest absolute Gasteiger partial charge is 0.157 e. The van der Waals surface area contributed by atoms with Gasteiger partial charge >= 0.3 is 0 Å². The van der Waals surface area contributed by atoms with Gasteiger partial charge in [-0.25, -0.2) is 0 Å². The van der Waals surface area contributed by atoms with E-state index in [0.29, 0.717) is 6.42 Å². The van der Waals surface area contributed by atoms with Crippen LogP contribution in [-0.2, 0) is 4.79 Å². The van der Waals surface area contributed by atoms with Gasteiger partial charge in [-0.05, 0) is 40.9 Å². The number of benzene rings is 1. The molecule has 2 nitrogen and oxygen atoms in total. The maximum atomic E-state index is 11.2. The molecule has 78 valence electrons. The van der Waals surface area contributed by atoms with E-state index in [-0.39, 0.29) is 5.78 Å². The van der Waals surface area contributed by atoms with Crippen LogP contribution in [0.3, 0.4) is 0 Å². The molecule has 1 aromatic rings. The molecule has 1 aliphatic rings. The molecule has 1 aliphatic carbocycles. The van der Waals surface area contributed by atoms with E-state index in [0.717, 1.165) is 28.7 Å². The van der Waals surface area contributed by atoms with Crippen LogP contribution in [0.2, 0.25) is 0 Å². The summed E-state index contributed by atoms with van der Waals surface area (Å²) in [5, 5.41) is 3.27. The lowest BCUT2D eigenvalue weighted by Gasteiger charge is -2.15. The van der Waals surface area contributed by atoms with Gasteiger partial charge in [-0.1, -0.05) is 12.1 Å². The second kappa shape index (κ2) is 4.62. The molecular weight excluding hydrogens is 254 g/mol. The third-order valence-corrected chi connectivity index (χ3v) is 3.07. The number of hydrogen-bond donors (Lipinski definition) is 1. The Kier molecular flexibility index (Phi) is 3.21. The van der Waals surface area contributed by atoms with Crippen molar-refractivity contribution in [3.05, 3.63) is 40.5 Å². The molecule has 0 bridgehead atoms. The van der Waals surface area contributed by atoms with Gasteiger partial charge in [0.25, 0.3) is 0 Å². The number of anilines is 1. The lowest BCUT2D eigenvalue weighted by Crippen LogP contribution is -2.09. The van der Waals surface area contributed by atoms with Gasteiger partial charge in [0, 0.05) is 22.7 Å². The Labute approximate surface area is 97.5 Å². The molecule has 0 heterocycles. The van der Waals surface area contributed by atoms with Crippen LogP contribution in [-0.4, -0.2) is 5.78 Å². The largest absolute Gasteiger partial charge is 0.358 e. The number of nitrogens with one attached hydrogen (secondary N) is 1. The number of hydrogen-bond acceptors (Lipinski definition) is 2. The molecule has 0 saturated carbocycles. The van der Waals surface area contributed by atoms with Crippen molar-refractivity contribution in [1.29, 1.82) is 0 Å². The zero-order valence-electron chi connectivity index (χ0n) is 8.29. The maximum absolute atomic E-state index is 11.2. The van der Waals surface area contributed by atoms with Crippen LogP contribution in [0.5, 0.6) is 0 Å². The van der Waals surface area contributed by atoms with Crippen molar-refractivity contribution < 1.29 is 4.79 Å². The lowest BCUT2D eigenvalue weighted by atomic mass is 10.0. The molecule has 0 fully saturated rings. The second-order valence-electron chi connectivity index (χ2n) is 3.59. The van der Waals surface area contributed by atoms with Crippen molar-refractivity contribution in [2.24, 2.45) is 0 Å². The predicted octanol–water partition coefficient (Wildman–Crippen LogP) is 3.50. The summed E-state index contributed by atoms with van der Waals surface area (Å²) in [4.78, 5) is 11.2. The second-order valence-corrected chi connectivity index (χ2v) is 4.45. The third-order valence-electron chi connectivity index (χ3n) is 2.37. The summed E-state index contributed by atoms with van der Waals surface area (Å²) in [7, 11) is 0. The van der Waals surface area contributed by atoms with Gasteiger partial charge in [0.05, 0.1) is 5.69 Å². The third kappa shape index (κ3) is 2.69. The average Bonchev–Trinajstić information content (AvgIpc) is 2.22. The number of carbonyl (C=O) groups excluding carboxylic acids is 1. The molecule has 1 N–H and O–H groups in total. The standard InChI is InChI=1S/C12H12BrNO/c13-11-6-1-2-7-12(11)14-9-4-3-5-10(15)8-9/h1-2,6-8,14H,3-5H2. The zero-order chi connectivity index (χ0) is 10.7. The Hall–Kier alpha value is -1.09. The minimum absolute atomic E-state index is 0.218. The quantitative estimate of drug-likeness (QED) is 0.887. The fourth-order valence-corrected chi connectivity index (χ4v) is 2.01. The minimum Gasteiger partial charge on any atom is -0.358 e. The molecule has 0 unspecified atom stereocenters. The molecule has 0 aliphatic heterocycles. The van der Waals surface area contributed by atoms with Crippen LogP contribution in [0, 0.1) is 0 Å². The van der Waals surface area contributed by atoms with E-state index in [4.69, 9.17) is 0 Å². The van der Waals surface area contributed by atoms with E-state index in [2.05, 4.69) is 21.2 Å². The van der Waals surface area contributed by atoms with Crippen molar-refractivity contribution in [2.75, 3.05) is 5.32 Å². The molecular formula is C12H12BrNO. The summed E-state index contributed by atoms with van der Waals surface area (Å²) in [5.41, 5.74) is 2.02. The fourth-order valence-electron chi connectivity index (χ4n) is 1.63. The number of allylic oxidation sites excluding steroid dienone is 2. The van der Waals surface area contributed by atoms with Crippen molar-refractivity contribution >= 4 is 27.4 Å². The molecule has 15 heavy (non-hydrogen) atoms. The first kappa shape index (κ1) is 10.4. The Morgan fingerprint density at radius 2 is 2.00 bits per heavy atom. The molecule has 2 rings (SSSR count). The molecule has 3 heteroatoms. The Balaban J connectivity index is 2.15. The van der Waals surface area contributed by atoms with E-state index >= 15 is 0 Å². The highest BCUT2D eigenvalue weighted by molar-refractivity contribution is 9.10. The monoisotopic (exact) mass is 265 g/mol. The van der Waals surface area contributed by atoms with Crippen LogP contribution in [0.25, 0.3) is 0 Å². The van der Waals surface area contributed by atoms with Crippen molar-refractivity contribution in [3.8, 4) is 0 Å². The molecule has 0 spiro atoms. The molecule has 0 aromatic heterocycles. The van der Waals surface area contributed by atoms with E-state index in [1.807, 2.05) is 24.3 Å². The summed E-state index contributed by atoms with van der Waals surface area (Å²) in [6.07, 6.45) is 4.29. The van der Waals surface area contributed by atoms with Gasteiger partial charge in [0.15, 0.2) is 5.78 Å². The first-order valence-corrected chi connectivity index (χ1v) is 5.80. The summed E-state index contributed by atoms with van der Waals surface area (Å²) < 4.78 is 1.02. The fraction of sp³-hybridized carbons (Fsp3) is 0.250. The van der Waals surface area contributed by atoms with Gasteiger partial charge in [-0.3, -0.25) is 4.79 Å². The summed E-state index contributed by atoms with van der Waals surface area (Å²) >= 11 is 3.46. The predicted molar refractivity (Wildman–Crippen MR) is 64.7 cm³/mol. The van der Waals surface area contributed by atoms with Gasteiger partial charge in [-0.2, -0.15) is 0 Å². The van der Waals surface area contributed by atoms with Gasteiger partial charge in [-0.15, -0.1) is 0 Å². The highest BCUT2D eigenvalue weighted by Crippen LogP contribution is 2.25. The van der Waals surface area contributed by atoms with Crippen molar-refractivity contribution in [3.63, 3.8) is 0 Å². The Morgan fingerprint density at radius 1 is 1.20 bits per heavy atom. The first-order chi connectivity index (χ1) is 7.25. The lowest BCUT2D eigenvalue weighted by molar-refractivity contribution is -0.115. The minimum atomic E-state index is 0.218. The molecule has 1 aromatic carbocycles. The zero-order valence-corrected chi connectivity index (χ0v) is 9.88. The summed E-state index contributed by atoms with van der Waals surface area (Å²) in [5.74, 6) is 0.218. The van der Waals surface area contributed by atoms with E-state index in [1.54, 1.807) is 6.08 Å². The van der Waals surface area contributed by atoms with Crippen LogP contribution in [0.1, 0.15) is 19.3 Å². The van der Waals surface area contributed by atoms with Gasteiger partial charge in [0.1, 0.15) is 0 Å². The van der Waals surface area contributed by atoms with E-state index < -0.39 is 0 Å². The summed E-state index contributed by atoms with van der Waals surface area (Å²) in [6.45, 7) is 0. The highest BCUT2D eigenvalue weighted by atomic mass is 79.9. The Bertz CT molecular complexity index is 412. The Morgan fingerprint density at radius 3 is 2.73 bits per heavy atom. The van der Waals surface area contributed by atoms with E-state index in [9.17, 15) is 4.79 Å². The SMILES string of the molecule is O=C1C=C(Nc2ccccc2Br)CCC1. The number of halogens is 1. The molecule has 0 saturated heterocycles. The number of carbonyl (C=O) groups is 1. The number of rotatable bonds is 2. The highest BCUT2D eigenvalue weighted by Gasteiger charge is 2.10. The maximum Gasteiger partial charge on any atom is 0.157 e. The molecule has 0 radical (unpaired) electrons. The molecule has 0 amide bonds. The van der Waals surface area contributed by atoms with Crippen molar-refractivity contribution in [1.82, 2.24) is 0 Å². The van der Waals surface area contributed by atoms with Crippen molar-refractivity contribution in [2.45, 2.75) is 19.3 Å². The number of ketones is 1. The van der Waals surface area contributed by atoms with E-state index in [1.165, 1.54) is 0 Å². The first-order valence-electron chi connectivity index (χ1n) is 5.00. The van der Waals surface area contributed by atoms with Gasteiger partial charge in [0.2, 0.25) is 0 Å². The van der Waals surface area contributed by atoms with Crippen LogP contribution >= 0.6 is 15.9 Å². The van der Waals surface area contributed by atoms with Crippen LogP contribution in [0.15, 0.2) is 40.5 Å².